The fourth-order valence-electron chi connectivity index (χ4n) is 0.737. The maximum Gasteiger partial charge on any atom is 0.416 e. The molecule has 0 aliphatic heterocycles. The van der Waals surface area contributed by atoms with Crippen LogP contribution >= 0.6 is 0 Å². The van der Waals surface area contributed by atoms with Gasteiger partial charge in [-0.2, -0.15) is 0 Å². The molecule has 0 aliphatic rings. The van der Waals surface area contributed by atoms with Crippen molar-refractivity contribution in [3.05, 3.63) is 0 Å². The van der Waals surface area contributed by atoms with Gasteiger partial charge in [0, 0.05) is 6.54 Å². The van der Waals surface area contributed by atoms with Crippen molar-refractivity contribution >= 4 is 12.1 Å². The molecule has 0 bridgehead atoms. The Labute approximate surface area is 72.0 Å². The summed E-state index contributed by atoms with van der Waals surface area (Å²) in [6.45, 7) is 2.44. The summed E-state index contributed by atoms with van der Waals surface area (Å²) >= 11 is 0. The second kappa shape index (κ2) is 5.40. The molecule has 0 fully saturated rings. The summed E-state index contributed by atoms with van der Waals surface area (Å²) in [5.41, 5.74) is 5.16. The molecule has 0 aromatic rings. The van der Waals surface area contributed by atoms with Crippen LogP contribution < -0.4 is 5.73 Å². The Kier molecular flexibility index (Phi) is 4.83. The van der Waals surface area contributed by atoms with Crippen LogP contribution in [0.2, 0.25) is 0 Å². The molecule has 70 valence electrons. The lowest BCUT2D eigenvalue weighted by atomic mass is 10.3. The predicted octanol–water partition coefficient (Wildman–Crippen LogP) is 0.748. The lowest BCUT2D eigenvalue weighted by molar-refractivity contribution is 0.145. The zero-order chi connectivity index (χ0) is 9.56. The quantitative estimate of drug-likeness (QED) is 0.488. The fraction of sp³-hybridized carbons (Fsp3) is 0.714. The Morgan fingerprint density at radius 1 is 1.67 bits per heavy atom. The van der Waals surface area contributed by atoms with Gasteiger partial charge in [-0.3, -0.25) is 5.41 Å². The molecule has 0 radical (unpaired) electrons. The Hall–Kier alpha value is -1.26. The van der Waals surface area contributed by atoms with Gasteiger partial charge in [0.25, 0.3) is 0 Å². The highest BCUT2D eigenvalue weighted by Crippen LogP contribution is 1.96. The van der Waals surface area contributed by atoms with E-state index in [0.29, 0.717) is 6.54 Å². The van der Waals surface area contributed by atoms with E-state index in [1.807, 2.05) is 6.92 Å². The number of carbonyl (C=O) groups is 1. The molecular formula is C7H15N3O2. The highest BCUT2D eigenvalue weighted by Gasteiger charge is 2.14. The van der Waals surface area contributed by atoms with E-state index in [1.54, 1.807) is 0 Å². The van der Waals surface area contributed by atoms with Gasteiger partial charge in [-0.25, -0.2) is 9.69 Å². The van der Waals surface area contributed by atoms with Gasteiger partial charge in [-0.05, 0) is 6.42 Å². The van der Waals surface area contributed by atoms with Crippen LogP contribution in [0.5, 0.6) is 0 Å². The number of amides is 1. The highest BCUT2D eigenvalue weighted by molar-refractivity contribution is 5.91. The summed E-state index contributed by atoms with van der Waals surface area (Å²) in [5.74, 6) is -0.268. The number of ether oxygens (including phenoxy) is 1. The Bertz CT molecular complexity index is 170. The van der Waals surface area contributed by atoms with Crippen molar-refractivity contribution in [1.29, 1.82) is 5.41 Å². The summed E-state index contributed by atoms with van der Waals surface area (Å²) < 4.78 is 4.44. The van der Waals surface area contributed by atoms with Crippen LogP contribution in [0.1, 0.15) is 19.8 Å². The first-order valence-electron chi connectivity index (χ1n) is 3.83. The number of rotatable bonds is 3. The highest BCUT2D eigenvalue weighted by atomic mass is 16.5. The van der Waals surface area contributed by atoms with E-state index in [9.17, 15) is 4.79 Å². The first kappa shape index (κ1) is 10.7. The Morgan fingerprint density at radius 2 is 2.25 bits per heavy atom. The normalized spacial score (nSPS) is 9.17. The van der Waals surface area contributed by atoms with Crippen molar-refractivity contribution < 1.29 is 9.53 Å². The number of nitrogens with one attached hydrogen (secondary N) is 1. The third-order valence-corrected chi connectivity index (χ3v) is 1.42. The number of guanidine groups is 1. The molecule has 1 amide bonds. The largest absolute Gasteiger partial charge is 0.452 e. The summed E-state index contributed by atoms with van der Waals surface area (Å²) in [6.07, 6.45) is 1.19. The lowest BCUT2D eigenvalue weighted by Crippen LogP contribution is -2.41. The summed E-state index contributed by atoms with van der Waals surface area (Å²) in [4.78, 5) is 12.0. The van der Waals surface area contributed by atoms with Gasteiger partial charge in [0.1, 0.15) is 0 Å². The number of carbonyl (C=O) groups excluding carboxylic acids is 1. The Morgan fingerprint density at radius 3 is 2.58 bits per heavy atom. The number of nitrogens with zero attached hydrogens (tertiary/aromatic N) is 1. The topological polar surface area (TPSA) is 79.4 Å². The predicted molar refractivity (Wildman–Crippen MR) is 45.9 cm³/mol. The van der Waals surface area contributed by atoms with Gasteiger partial charge < -0.3 is 10.5 Å². The number of hydrogen-bond donors (Lipinski definition) is 2. The molecule has 5 heteroatoms. The minimum atomic E-state index is -0.573. The SMILES string of the molecule is CCCCN(C(=N)N)C(=O)OC. The van der Waals surface area contributed by atoms with Crippen molar-refractivity contribution in [2.45, 2.75) is 19.8 Å². The van der Waals surface area contributed by atoms with Gasteiger partial charge in [0.15, 0.2) is 5.96 Å². The van der Waals surface area contributed by atoms with Gasteiger partial charge in [0.05, 0.1) is 7.11 Å². The molecular weight excluding hydrogens is 158 g/mol. The molecule has 0 spiro atoms. The molecule has 0 aromatic heterocycles. The van der Waals surface area contributed by atoms with E-state index >= 15 is 0 Å². The molecule has 0 aromatic carbocycles. The smallest absolute Gasteiger partial charge is 0.416 e. The van der Waals surface area contributed by atoms with E-state index in [-0.39, 0.29) is 5.96 Å². The van der Waals surface area contributed by atoms with Crippen molar-refractivity contribution in [2.75, 3.05) is 13.7 Å². The monoisotopic (exact) mass is 173 g/mol. The average Bonchev–Trinajstić information content (AvgIpc) is 2.04. The van der Waals surface area contributed by atoms with E-state index in [4.69, 9.17) is 11.1 Å². The molecule has 0 heterocycles. The molecule has 5 nitrogen and oxygen atoms in total. The molecule has 0 saturated heterocycles. The van der Waals surface area contributed by atoms with E-state index in [1.165, 1.54) is 7.11 Å². The van der Waals surface area contributed by atoms with Crippen molar-refractivity contribution in [1.82, 2.24) is 4.90 Å². The molecule has 12 heavy (non-hydrogen) atoms. The summed E-state index contributed by atoms with van der Waals surface area (Å²) in [7, 11) is 1.27. The molecule has 0 atom stereocenters. The van der Waals surface area contributed by atoms with Gasteiger partial charge in [0.2, 0.25) is 0 Å². The Balaban J connectivity index is 4.04. The third kappa shape index (κ3) is 3.23. The maximum absolute atomic E-state index is 10.9. The van der Waals surface area contributed by atoms with Crippen molar-refractivity contribution in [3.8, 4) is 0 Å². The second-order valence-corrected chi connectivity index (χ2v) is 2.36. The zero-order valence-corrected chi connectivity index (χ0v) is 7.46. The molecule has 0 rings (SSSR count). The number of methoxy groups -OCH3 is 1. The lowest BCUT2D eigenvalue weighted by Gasteiger charge is -2.17. The van der Waals surface area contributed by atoms with Crippen LogP contribution in [0.4, 0.5) is 4.79 Å². The summed E-state index contributed by atoms with van der Waals surface area (Å²) in [5, 5.41) is 7.07. The fourth-order valence-corrected chi connectivity index (χ4v) is 0.737. The molecule has 3 N–H and O–H groups in total. The first-order valence-corrected chi connectivity index (χ1v) is 3.83. The van der Waals surface area contributed by atoms with Crippen LogP contribution in [0.15, 0.2) is 0 Å². The van der Waals surface area contributed by atoms with Gasteiger partial charge in [-0.1, -0.05) is 13.3 Å². The molecule has 0 saturated carbocycles. The van der Waals surface area contributed by atoms with Crippen molar-refractivity contribution in [3.63, 3.8) is 0 Å². The van der Waals surface area contributed by atoms with E-state index in [0.717, 1.165) is 17.7 Å². The summed E-state index contributed by atoms with van der Waals surface area (Å²) in [6, 6.07) is 0. The van der Waals surface area contributed by atoms with Crippen molar-refractivity contribution in [2.24, 2.45) is 5.73 Å². The van der Waals surface area contributed by atoms with Gasteiger partial charge in [-0.15, -0.1) is 0 Å². The average molecular weight is 173 g/mol. The van der Waals surface area contributed by atoms with E-state index in [2.05, 4.69) is 4.74 Å². The maximum atomic E-state index is 10.9. The number of unbranched alkanes of at least 4 members (excludes halogenated alkanes) is 1. The van der Waals surface area contributed by atoms with Gasteiger partial charge >= 0.3 is 6.09 Å². The van der Waals surface area contributed by atoms with Crippen LogP contribution in [0, 0.1) is 5.41 Å². The zero-order valence-electron chi connectivity index (χ0n) is 7.46. The second-order valence-electron chi connectivity index (χ2n) is 2.36. The molecule has 0 aliphatic carbocycles. The van der Waals surface area contributed by atoms with Crippen LogP contribution in [0.3, 0.4) is 0 Å². The van der Waals surface area contributed by atoms with Crippen LogP contribution in [-0.2, 0) is 4.74 Å². The molecule has 0 unspecified atom stereocenters. The van der Waals surface area contributed by atoms with E-state index < -0.39 is 6.09 Å². The minimum Gasteiger partial charge on any atom is -0.452 e. The van der Waals surface area contributed by atoms with Crippen LogP contribution in [-0.4, -0.2) is 30.6 Å². The standard InChI is InChI=1S/C7H15N3O2/c1-3-4-5-10(6(8)9)7(11)12-2/h3-5H2,1-2H3,(H3,8,9). The number of nitrogens with two attached hydrogens (primary N) is 1. The first-order chi connectivity index (χ1) is 5.63. The minimum absolute atomic E-state index is 0.268. The number of hydrogen-bond acceptors (Lipinski definition) is 3. The third-order valence-electron chi connectivity index (χ3n) is 1.42. The van der Waals surface area contributed by atoms with Crippen LogP contribution in [0.25, 0.3) is 0 Å².